The molecule has 0 aromatic rings. The first-order valence-electron chi connectivity index (χ1n) is 18.4. The maximum atomic E-state index is 13.1. The number of rotatable bonds is 24. The number of aliphatic hydroxyl groups excluding tert-OH is 1. The molecule has 9 N–H and O–H groups in total. The van der Waals surface area contributed by atoms with E-state index in [1.54, 1.807) is 0 Å². The van der Waals surface area contributed by atoms with E-state index in [9.17, 15) is 24.3 Å². The molecular formula is C37H76N6O6. The maximum Gasteiger partial charge on any atom is 0.303 e. The molecule has 290 valence electrons. The maximum absolute atomic E-state index is 13.1. The van der Waals surface area contributed by atoms with Crippen molar-refractivity contribution in [3.05, 3.63) is 23.8 Å². The molecule has 0 heterocycles. The lowest BCUT2D eigenvalue weighted by Crippen LogP contribution is -2.52. The van der Waals surface area contributed by atoms with Crippen LogP contribution in [0.3, 0.4) is 0 Å². The van der Waals surface area contributed by atoms with E-state index in [2.05, 4.69) is 48.8 Å². The first-order chi connectivity index (χ1) is 23.6. The average molecular weight is 701 g/mol. The number of carboxylic acids is 1. The van der Waals surface area contributed by atoms with Crippen molar-refractivity contribution in [2.75, 3.05) is 26.2 Å². The highest BCUT2D eigenvalue weighted by molar-refractivity contribution is 5.89. The molecule has 1 unspecified atom stereocenters. The van der Waals surface area contributed by atoms with Crippen molar-refractivity contribution in [1.82, 2.24) is 21.3 Å². The summed E-state index contributed by atoms with van der Waals surface area (Å²) >= 11 is 0. The minimum absolute atomic E-state index is 0.0379. The van der Waals surface area contributed by atoms with Gasteiger partial charge in [-0.1, -0.05) is 98.0 Å². The van der Waals surface area contributed by atoms with E-state index in [1.165, 1.54) is 25.7 Å². The van der Waals surface area contributed by atoms with Gasteiger partial charge in [0.1, 0.15) is 6.04 Å². The van der Waals surface area contributed by atoms with Gasteiger partial charge in [-0.05, 0) is 72.2 Å². The van der Waals surface area contributed by atoms with Crippen LogP contribution in [0.15, 0.2) is 23.8 Å². The van der Waals surface area contributed by atoms with E-state index >= 15 is 0 Å². The fourth-order valence-electron chi connectivity index (χ4n) is 3.93. The Hall–Kier alpha value is -3.09. The Labute approximate surface area is 299 Å². The SMILES string of the molecule is C/C=C\C/C(=C\C)C[C@@H](NC(=O)C(N)CCNCCCCCC)C(=O)NCC[C@H](CO)NC(=O)CCCC(=O)O.C=N.CC.CC.CCC. The van der Waals surface area contributed by atoms with Gasteiger partial charge in [-0.3, -0.25) is 19.2 Å². The second kappa shape index (κ2) is 44.9. The third-order valence-electron chi connectivity index (χ3n) is 6.47. The molecule has 0 spiro atoms. The van der Waals surface area contributed by atoms with Gasteiger partial charge in [-0.15, -0.1) is 0 Å². The van der Waals surface area contributed by atoms with E-state index in [-0.39, 0.29) is 50.6 Å². The lowest BCUT2D eigenvalue weighted by Gasteiger charge is -2.23. The molecule has 0 aliphatic carbocycles. The summed E-state index contributed by atoms with van der Waals surface area (Å²) in [5, 5.41) is 35.4. The van der Waals surface area contributed by atoms with Crippen molar-refractivity contribution in [2.24, 2.45) is 5.73 Å². The van der Waals surface area contributed by atoms with Gasteiger partial charge >= 0.3 is 5.97 Å². The third kappa shape index (κ3) is 39.2. The molecule has 0 rings (SSSR count). The smallest absolute Gasteiger partial charge is 0.303 e. The molecule has 0 saturated heterocycles. The van der Waals surface area contributed by atoms with E-state index in [1.807, 2.05) is 59.8 Å². The Morgan fingerprint density at radius 2 is 1.45 bits per heavy atom. The fraction of sp³-hybridized carbons (Fsp3) is 0.757. The molecule has 0 aromatic heterocycles. The monoisotopic (exact) mass is 701 g/mol. The number of nitrogens with two attached hydrogens (primary N) is 1. The molecule has 3 amide bonds. The first kappa shape index (κ1) is 55.3. The van der Waals surface area contributed by atoms with E-state index in [0.717, 1.165) is 18.5 Å². The van der Waals surface area contributed by atoms with Gasteiger partial charge < -0.3 is 42.6 Å². The molecule has 0 aliphatic heterocycles. The Kier molecular flexibility index (Phi) is 50.7. The summed E-state index contributed by atoms with van der Waals surface area (Å²) in [5.74, 6) is -2.10. The van der Waals surface area contributed by atoms with Gasteiger partial charge in [0, 0.05) is 19.4 Å². The Morgan fingerprint density at radius 3 is 1.96 bits per heavy atom. The number of carbonyl (C=O) groups is 4. The quantitative estimate of drug-likeness (QED) is 0.0359. The number of unbranched alkanes of at least 4 members (excludes halogenated alkanes) is 3. The average Bonchev–Trinajstić information content (AvgIpc) is 3.11. The van der Waals surface area contributed by atoms with E-state index in [4.69, 9.17) is 16.2 Å². The predicted molar refractivity (Wildman–Crippen MR) is 206 cm³/mol. The number of hydrogen-bond acceptors (Lipinski definition) is 8. The van der Waals surface area contributed by atoms with Crippen molar-refractivity contribution >= 4 is 30.4 Å². The second-order valence-electron chi connectivity index (χ2n) is 10.7. The Balaban J connectivity index is -0.000000651. The summed E-state index contributed by atoms with van der Waals surface area (Å²) in [4.78, 5) is 48.5. The number of allylic oxidation sites excluding steroid dienone is 3. The van der Waals surface area contributed by atoms with Crippen LogP contribution in [0, 0.1) is 5.41 Å². The predicted octanol–water partition coefficient (Wildman–Crippen LogP) is 5.63. The zero-order valence-corrected chi connectivity index (χ0v) is 32.6. The number of nitrogens with one attached hydrogen (secondary N) is 5. The summed E-state index contributed by atoms with van der Waals surface area (Å²) in [6, 6.07) is -2.16. The molecule has 12 nitrogen and oxygen atoms in total. The Bertz CT molecular complexity index is 838. The second-order valence-corrected chi connectivity index (χ2v) is 10.7. The number of amides is 3. The van der Waals surface area contributed by atoms with Crippen LogP contribution in [0.5, 0.6) is 0 Å². The molecule has 49 heavy (non-hydrogen) atoms. The van der Waals surface area contributed by atoms with Crippen molar-refractivity contribution in [2.45, 2.75) is 157 Å². The molecule has 0 fully saturated rings. The topological polar surface area (TPSA) is 207 Å². The standard InChI is InChI=1S/C29H53N5O6.C3H8.2C2H6.CH3N/c1-4-7-9-10-17-31-18-16-24(30)28(39)34-25(20-22(6-3)12-8-5-2)29(40)32-19-15-23(21-35)33-26(36)13-11-14-27(37)38;1-3-2;3*1-2/h5-6,8,23-25,31,35H,4,7,9-21,30H2,1-3H3,(H,32,40)(H,33,36)(H,34,39)(H,37,38);3H2,1-2H3;2*1-2H3;2H,1H2/b8-5-,22-6+;;;;/t23-,24?,25-;;;;/m1..../s1. The summed E-state index contributed by atoms with van der Waals surface area (Å²) in [6.45, 7) is 22.1. The van der Waals surface area contributed by atoms with E-state index < -0.39 is 30.0 Å². The van der Waals surface area contributed by atoms with Crippen LogP contribution in [0.2, 0.25) is 0 Å². The van der Waals surface area contributed by atoms with Crippen molar-refractivity contribution in [3.63, 3.8) is 0 Å². The largest absolute Gasteiger partial charge is 0.481 e. The number of carboxylic acid groups (broad SMARTS) is 1. The highest BCUT2D eigenvalue weighted by Crippen LogP contribution is 2.12. The molecule has 12 heteroatoms. The van der Waals surface area contributed by atoms with E-state index in [0.29, 0.717) is 25.8 Å². The van der Waals surface area contributed by atoms with Crippen LogP contribution in [-0.2, 0) is 19.2 Å². The summed E-state index contributed by atoms with van der Waals surface area (Å²) < 4.78 is 0. The number of aliphatic hydroxyl groups is 1. The van der Waals surface area contributed by atoms with Crippen molar-refractivity contribution in [3.8, 4) is 0 Å². The van der Waals surface area contributed by atoms with Crippen LogP contribution in [0.25, 0.3) is 0 Å². The first-order valence-corrected chi connectivity index (χ1v) is 18.4. The van der Waals surface area contributed by atoms with Gasteiger partial charge in [-0.2, -0.15) is 0 Å². The lowest BCUT2D eigenvalue weighted by atomic mass is 10.0. The summed E-state index contributed by atoms with van der Waals surface area (Å²) in [6.07, 6.45) is 13.6. The van der Waals surface area contributed by atoms with Crippen LogP contribution in [-0.4, -0.2) is 85.0 Å². The van der Waals surface area contributed by atoms with Crippen LogP contribution in [0.1, 0.15) is 139 Å². The molecule has 0 bridgehead atoms. The van der Waals surface area contributed by atoms with Crippen molar-refractivity contribution < 1.29 is 29.4 Å². The lowest BCUT2D eigenvalue weighted by molar-refractivity contribution is -0.137. The van der Waals surface area contributed by atoms with Gasteiger partial charge in [0.05, 0.1) is 18.7 Å². The normalized spacial score (nSPS) is 12.1. The number of aliphatic carboxylic acids is 1. The minimum Gasteiger partial charge on any atom is -0.481 e. The summed E-state index contributed by atoms with van der Waals surface area (Å²) in [5.41, 5.74) is 7.11. The third-order valence-corrected chi connectivity index (χ3v) is 6.47. The van der Waals surface area contributed by atoms with Crippen LogP contribution < -0.4 is 27.0 Å². The van der Waals surface area contributed by atoms with Gasteiger partial charge in [-0.25, -0.2) is 0 Å². The molecule has 3 atom stereocenters. The molecule has 0 aliphatic rings. The molecule has 0 aromatic carbocycles. The highest BCUT2D eigenvalue weighted by Gasteiger charge is 2.24. The molecular weight excluding hydrogens is 624 g/mol. The summed E-state index contributed by atoms with van der Waals surface area (Å²) in [7, 11) is 0. The fourth-order valence-corrected chi connectivity index (χ4v) is 3.93. The van der Waals surface area contributed by atoms with Gasteiger partial charge in [0.2, 0.25) is 17.7 Å². The number of carbonyl (C=O) groups excluding carboxylic acids is 3. The minimum atomic E-state index is -0.974. The van der Waals surface area contributed by atoms with Gasteiger partial charge in [0.15, 0.2) is 0 Å². The van der Waals surface area contributed by atoms with Crippen molar-refractivity contribution in [1.29, 1.82) is 5.41 Å². The zero-order valence-electron chi connectivity index (χ0n) is 32.6. The molecule has 0 radical (unpaired) electrons. The number of hydrogen-bond donors (Lipinski definition) is 8. The molecule has 0 saturated carbocycles. The highest BCUT2D eigenvalue weighted by atomic mass is 16.4. The van der Waals surface area contributed by atoms with Gasteiger partial charge in [0.25, 0.3) is 0 Å². The van der Waals surface area contributed by atoms with Crippen LogP contribution in [0.4, 0.5) is 0 Å². The van der Waals surface area contributed by atoms with Crippen LogP contribution >= 0.6 is 0 Å². The Morgan fingerprint density at radius 1 is 0.837 bits per heavy atom. The zero-order chi connectivity index (χ0) is 38.9.